The Morgan fingerprint density at radius 3 is 2.67 bits per heavy atom. The van der Waals surface area contributed by atoms with Gasteiger partial charge >= 0.3 is 0 Å². The van der Waals surface area contributed by atoms with Crippen molar-refractivity contribution < 1.29 is 8.42 Å². The van der Waals surface area contributed by atoms with Gasteiger partial charge in [0.25, 0.3) is 0 Å². The first-order chi connectivity index (χ1) is 8.53. The molecular formula is C12H17ClN2O2S. The Kier molecular flexibility index (Phi) is 4.27. The maximum Gasteiger partial charge on any atom is 0.240 e. The molecule has 2 N–H and O–H groups in total. The predicted octanol–water partition coefficient (Wildman–Crippen LogP) is 1.75. The fourth-order valence-electron chi connectivity index (χ4n) is 1.66. The van der Waals surface area contributed by atoms with Gasteiger partial charge in [0, 0.05) is 18.1 Å². The summed E-state index contributed by atoms with van der Waals surface area (Å²) in [7, 11) is -1.61. The quantitative estimate of drug-likeness (QED) is 0.838. The van der Waals surface area contributed by atoms with Gasteiger partial charge in [-0.1, -0.05) is 17.7 Å². The topological polar surface area (TPSA) is 58.2 Å². The van der Waals surface area contributed by atoms with Crippen LogP contribution in [0.4, 0.5) is 0 Å². The fourth-order valence-corrected chi connectivity index (χ4v) is 3.12. The van der Waals surface area contributed by atoms with Gasteiger partial charge in [-0.3, -0.25) is 0 Å². The van der Waals surface area contributed by atoms with Gasteiger partial charge in [-0.2, -0.15) is 0 Å². The third-order valence-electron chi connectivity index (χ3n) is 2.96. The van der Waals surface area contributed by atoms with Crippen LogP contribution in [0.1, 0.15) is 18.4 Å². The van der Waals surface area contributed by atoms with Crippen molar-refractivity contribution in [1.29, 1.82) is 0 Å². The van der Waals surface area contributed by atoms with E-state index in [0.29, 0.717) is 24.0 Å². The zero-order chi connectivity index (χ0) is 13.2. The van der Waals surface area contributed by atoms with Gasteiger partial charge in [-0.25, -0.2) is 13.1 Å². The van der Waals surface area contributed by atoms with E-state index in [9.17, 15) is 8.42 Å². The highest BCUT2D eigenvalue weighted by Gasteiger charge is 2.24. The van der Waals surface area contributed by atoms with Gasteiger partial charge in [-0.05, 0) is 43.5 Å². The lowest BCUT2D eigenvalue weighted by Gasteiger charge is -2.09. The van der Waals surface area contributed by atoms with Crippen LogP contribution in [0.2, 0.25) is 5.02 Å². The summed E-state index contributed by atoms with van der Waals surface area (Å²) < 4.78 is 26.6. The predicted molar refractivity (Wildman–Crippen MR) is 72.1 cm³/mol. The SMILES string of the molecule is CNCc1ccc(S(=O)(=O)NCC2CC2)cc1Cl. The van der Waals surface area contributed by atoms with Gasteiger partial charge in [0.05, 0.1) is 4.90 Å². The summed E-state index contributed by atoms with van der Waals surface area (Å²) in [5, 5.41) is 3.45. The molecule has 0 atom stereocenters. The van der Waals surface area contributed by atoms with Gasteiger partial charge in [0.2, 0.25) is 10.0 Å². The summed E-state index contributed by atoms with van der Waals surface area (Å²) in [6.45, 7) is 1.15. The van der Waals surface area contributed by atoms with Crippen LogP contribution in [0, 0.1) is 5.92 Å². The number of benzene rings is 1. The van der Waals surface area contributed by atoms with Crippen molar-refractivity contribution in [1.82, 2.24) is 10.0 Å². The Labute approximate surface area is 113 Å². The van der Waals surface area contributed by atoms with Crippen molar-refractivity contribution in [2.24, 2.45) is 5.92 Å². The average molecular weight is 289 g/mol. The number of hydrogen-bond acceptors (Lipinski definition) is 3. The number of sulfonamides is 1. The molecule has 4 nitrogen and oxygen atoms in total. The number of halogens is 1. The van der Waals surface area contributed by atoms with Gasteiger partial charge in [-0.15, -0.1) is 0 Å². The molecule has 2 rings (SSSR count). The monoisotopic (exact) mass is 288 g/mol. The third kappa shape index (κ3) is 3.45. The molecular weight excluding hydrogens is 272 g/mol. The van der Waals surface area contributed by atoms with Crippen molar-refractivity contribution in [2.75, 3.05) is 13.6 Å². The molecule has 0 heterocycles. The molecule has 0 aromatic heterocycles. The van der Waals surface area contributed by atoms with E-state index >= 15 is 0 Å². The highest BCUT2D eigenvalue weighted by Crippen LogP contribution is 2.28. The zero-order valence-electron chi connectivity index (χ0n) is 10.2. The Hall–Kier alpha value is -0.620. The van der Waals surface area contributed by atoms with Crippen LogP contribution in [0.3, 0.4) is 0 Å². The molecule has 1 fully saturated rings. The lowest BCUT2D eigenvalue weighted by Crippen LogP contribution is -2.25. The molecule has 0 saturated heterocycles. The maximum atomic E-state index is 12.0. The second-order valence-electron chi connectivity index (χ2n) is 4.58. The van der Waals surface area contributed by atoms with Crippen LogP contribution >= 0.6 is 11.6 Å². The summed E-state index contributed by atoms with van der Waals surface area (Å²) in [6.07, 6.45) is 2.23. The molecule has 100 valence electrons. The van der Waals surface area contributed by atoms with Crippen molar-refractivity contribution >= 4 is 21.6 Å². The van der Waals surface area contributed by atoms with Crippen LogP contribution < -0.4 is 10.0 Å². The zero-order valence-corrected chi connectivity index (χ0v) is 11.8. The van der Waals surface area contributed by atoms with E-state index < -0.39 is 10.0 Å². The Morgan fingerprint density at radius 1 is 1.39 bits per heavy atom. The molecule has 1 aromatic carbocycles. The molecule has 0 bridgehead atoms. The van der Waals surface area contributed by atoms with E-state index in [1.807, 2.05) is 7.05 Å². The van der Waals surface area contributed by atoms with Crippen molar-refractivity contribution in [2.45, 2.75) is 24.3 Å². The summed E-state index contributed by atoms with van der Waals surface area (Å²) in [5.41, 5.74) is 0.889. The van der Waals surface area contributed by atoms with Crippen LogP contribution in [-0.4, -0.2) is 22.0 Å². The molecule has 1 aliphatic rings. The number of nitrogens with one attached hydrogen (secondary N) is 2. The molecule has 6 heteroatoms. The molecule has 0 spiro atoms. The molecule has 0 unspecified atom stereocenters. The minimum atomic E-state index is -3.42. The van der Waals surface area contributed by atoms with Gasteiger partial charge in [0.1, 0.15) is 0 Å². The standard InChI is InChI=1S/C12H17ClN2O2S/c1-14-8-10-4-5-11(6-12(10)13)18(16,17)15-7-9-2-3-9/h4-6,9,14-15H,2-3,7-8H2,1H3. The average Bonchev–Trinajstić information content (AvgIpc) is 3.13. The molecule has 1 aromatic rings. The second-order valence-corrected chi connectivity index (χ2v) is 6.75. The molecule has 0 radical (unpaired) electrons. The summed E-state index contributed by atoms with van der Waals surface area (Å²) in [4.78, 5) is 0.230. The van der Waals surface area contributed by atoms with Crippen LogP contribution in [0.5, 0.6) is 0 Å². The van der Waals surface area contributed by atoms with E-state index in [1.165, 1.54) is 6.07 Å². The first-order valence-electron chi connectivity index (χ1n) is 5.95. The highest BCUT2D eigenvalue weighted by molar-refractivity contribution is 7.89. The van der Waals surface area contributed by atoms with E-state index in [0.717, 1.165) is 18.4 Å². The molecule has 18 heavy (non-hydrogen) atoms. The van der Waals surface area contributed by atoms with Crippen LogP contribution in [-0.2, 0) is 16.6 Å². The minimum Gasteiger partial charge on any atom is -0.316 e. The fraction of sp³-hybridized carbons (Fsp3) is 0.500. The normalized spacial score (nSPS) is 15.9. The van der Waals surface area contributed by atoms with E-state index in [4.69, 9.17) is 11.6 Å². The van der Waals surface area contributed by atoms with Crippen LogP contribution in [0.15, 0.2) is 23.1 Å². The number of hydrogen-bond donors (Lipinski definition) is 2. The Morgan fingerprint density at radius 2 is 2.11 bits per heavy atom. The molecule has 0 aliphatic heterocycles. The lowest BCUT2D eigenvalue weighted by molar-refractivity contribution is 0.577. The third-order valence-corrected chi connectivity index (χ3v) is 4.73. The molecule has 1 saturated carbocycles. The minimum absolute atomic E-state index is 0.230. The first-order valence-corrected chi connectivity index (χ1v) is 7.82. The number of rotatable bonds is 6. The van der Waals surface area contributed by atoms with Crippen LogP contribution in [0.25, 0.3) is 0 Å². The summed E-state index contributed by atoms with van der Waals surface area (Å²) in [6, 6.07) is 4.84. The van der Waals surface area contributed by atoms with Gasteiger partial charge in [0.15, 0.2) is 0 Å². The Balaban J connectivity index is 2.13. The lowest BCUT2D eigenvalue weighted by atomic mass is 10.2. The maximum absolute atomic E-state index is 12.0. The second kappa shape index (κ2) is 5.57. The van der Waals surface area contributed by atoms with E-state index in [-0.39, 0.29) is 4.90 Å². The van der Waals surface area contributed by atoms with E-state index in [2.05, 4.69) is 10.0 Å². The highest BCUT2D eigenvalue weighted by atomic mass is 35.5. The van der Waals surface area contributed by atoms with Gasteiger partial charge < -0.3 is 5.32 Å². The smallest absolute Gasteiger partial charge is 0.240 e. The van der Waals surface area contributed by atoms with Crippen molar-refractivity contribution in [3.8, 4) is 0 Å². The van der Waals surface area contributed by atoms with E-state index in [1.54, 1.807) is 12.1 Å². The largest absolute Gasteiger partial charge is 0.316 e. The summed E-state index contributed by atoms with van der Waals surface area (Å²) in [5.74, 6) is 0.513. The summed E-state index contributed by atoms with van der Waals surface area (Å²) >= 11 is 6.06. The van der Waals surface area contributed by atoms with Crippen molar-refractivity contribution in [3.05, 3.63) is 28.8 Å². The Bertz CT molecular complexity index is 527. The first kappa shape index (κ1) is 13.8. The molecule has 0 amide bonds. The van der Waals surface area contributed by atoms with Crippen molar-refractivity contribution in [3.63, 3.8) is 0 Å². The molecule has 1 aliphatic carbocycles.